The van der Waals surface area contributed by atoms with Crippen molar-refractivity contribution in [2.45, 2.75) is 30.4 Å². The quantitative estimate of drug-likeness (QED) is 0.617. The molecule has 0 saturated carbocycles. The lowest BCUT2D eigenvalue weighted by Crippen LogP contribution is -2.23. The molecule has 0 spiro atoms. The van der Waals surface area contributed by atoms with E-state index in [0.717, 1.165) is 24.1 Å². The molecule has 0 amide bonds. The van der Waals surface area contributed by atoms with Crippen molar-refractivity contribution in [3.05, 3.63) is 17.0 Å². The summed E-state index contributed by atoms with van der Waals surface area (Å²) in [6.07, 6.45) is 2.72. The van der Waals surface area contributed by atoms with Crippen LogP contribution in [0.25, 0.3) is 0 Å². The molecule has 6 heteroatoms. The number of aryl methyl sites for hydroxylation is 1. The van der Waals surface area contributed by atoms with Crippen LogP contribution in [0.4, 0.5) is 0 Å². The van der Waals surface area contributed by atoms with Gasteiger partial charge in [0.25, 0.3) is 0 Å². The first-order valence-corrected chi connectivity index (χ1v) is 8.02. The van der Waals surface area contributed by atoms with Crippen LogP contribution >= 0.6 is 22.9 Å². The Morgan fingerprint density at radius 2 is 2.06 bits per heavy atom. The zero-order chi connectivity index (χ0) is 12.0. The second kappa shape index (κ2) is 6.59. The number of hydrogen-bond acceptors (Lipinski definition) is 3. The highest BCUT2D eigenvalue weighted by atomic mass is 35.5. The molecular formula is C10H16ClNO2S2. The minimum absolute atomic E-state index is 0.391. The summed E-state index contributed by atoms with van der Waals surface area (Å²) in [5, 5.41) is 0. The minimum Gasteiger partial charge on any atom is -0.210 e. The summed E-state index contributed by atoms with van der Waals surface area (Å²) in [7, 11) is -3.29. The largest absolute Gasteiger partial charge is 0.250 e. The van der Waals surface area contributed by atoms with Gasteiger partial charge in [-0.2, -0.15) is 0 Å². The van der Waals surface area contributed by atoms with E-state index in [1.807, 2.05) is 13.0 Å². The molecule has 0 aliphatic carbocycles. The molecule has 16 heavy (non-hydrogen) atoms. The maximum atomic E-state index is 11.8. The lowest BCUT2D eigenvalue weighted by molar-refractivity contribution is 0.578. The zero-order valence-corrected chi connectivity index (χ0v) is 11.6. The highest BCUT2D eigenvalue weighted by Gasteiger charge is 2.14. The van der Waals surface area contributed by atoms with Gasteiger partial charge in [0, 0.05) is 17.3 Å². The SMILES string of the molecule is Cc1ccc(S(=O)(=O)NCCCCCCl)s1. The van der Waals surface area contributed by atoms with Crippen molar-refractivity contribution in [3.63, 3.8) is 0 Å². The van der Waals surface area contributed by atoms with Crippen molar-refractivity contribution >= 4 is 33.0 Å². The smallest absolute Gasteiger partial charge is 0.210 e. The van der Waals surface area contributed by atoms with Crippen LogP contribution in [0.15, 0.2) is 16.3 Å². The van der Waals surface area contributed by atoms with E-state index in [1.165, 1.54) is 11.3 Å². The van der Waals surface area contributed by atoms with Crippen LogP contribution in [-0.2, 0) is 10.0 Å². The Bertz CT molecular complexity index is 414. The average Bonchev–Trinajstić information content (AvgIpc) is 2.65. The van der Waals surface area contributed by atoms with E-state index in [9.17, 15) is 8.42 Å². The Kier molecular flexibility index (Phi) is 5.75. The van der Waals surface area contributed by atoms with E-state index in [4.69, 9.17) is 11.6 Å². The fourth-order valence-corrected chi connectivity index (χ4v) is 3.82. The minimum atomic E-state index is -3.29. The Labute approximate surface area is 106 Å². The molecule has 1 aromatic heterocycles. The van der Waals surface area contributed by atoms with Crippen molar-refractivity contribution in [2.75, 3.05) is 12.4 Å². The normalized spacial score (nSPS) is 11.9. The molecule has 0 aliphatic rings. The molecule has 0 radical (unpaired) electrons. The summed E-state index contributed by atoms with van der Waals surface area (Å²) in [6, 6.07) is 3.45. The Morgan fingerprint density at radius 3 is 2.62 bits per heavy atom. The van der Waals surface area contributed by atoms with Crippen LogP contribution in [-0.4, -0.2) is 20.8 Å². The molecule has 1 N–H and O–H groups in total. The summed E-state index contributed by atoms with van der Waals surface area (Å²) in [5.74, 6) is 0.636. The van der Waals surface area contributed by atoms with E-state index in [-0.39, 0.29) is 0 Å². The van der Waals surface area contributed by atoms with Crippen LogP contribution in [0, 0.1) is 6.92 Å². The van der Waals surface area contributed by atoms with Crippen LogP contribution in [0.5, 0.6) is 0 Å². The number of alkyl halides is 1. The van der Waals surface area contributed by atoms with E-state index in [1.54, 1.807) is 6.07 Å². The molecule has 1 heterocycles. The van der Waals surface area contributed by atoms with Gasteiger partial charge < -0.3 is 0 Å². The molecule has 3 nitrogen and oxygen atoms in total. The van der Waals surface area contributed by atoms with Crippen molar-refractivity contribution in [3.8, 4) is 0 Å². The number of hydrogen-bond donors (Lipinski definition) is 1. The molecule has 0 saturated heterocycles. The van der Waals surface area contributed by atoms with Crippen LogP contribution in [0.2, 0.25) is 0 Å². The predicted molar refractivity (Wildman–Crippen MR) is 68.8 cm³/mol. The molecule has 0 unspecified atom stereocenters. The lowest BCUT2D eigenvalue weighted by Gasteiger charge is -2.03. The van der Waals surface area contributed by atoms with Gasteiger partial charge in [0.05, 0.1) is 0 Å². The van der Waals surface area contributed by atoms with Gasteiger partial charge in [-0.05, 0) is 31.9 Å². The number of halogens is 1. The average molecular weight is 282 g/mol. The van der Waals surface area contributed by atoms with E-state index < -0.39 is 10.0 Å². The molecule has 92 valence electrons. The van der Waals surface area contributed by atoms with Gasteiger partial charge in [0.1, 0.15) is 4.21 Å². The molecule has 0 bridgehead atoms. The zero-order valence-electron chi connectivity index (χ0n) is 9.20. The van der Waals surface area contributed by atoms with Gasteiger partial charge in [-0.3, -0.25) is 0 Å². The number of sulfonamides is 1. The fraction of sp³-hybridized carbons (Fsp3) is 0.600. The summed E-state index contributed by atoms with van der Waals surface area (Å²) in [5.41, 5.74) is 0. The highest BCUT2D eigenvalue weighted by Crippen LogP contribution is 2.20. The van der Waals surface area contributed by atoms with E-state index in [2.05, 4.69) is 4.72 Å². The topological polar surface area (TPSA) is 46.2 Å². The molecule has 0 fully saturated rings. The first-order valence-electron chi connectivity index (χ1n) is 5.18. The summed E-state index contributed by atoms with van der Waals surface area (Å²) in [6.45, 7) is 2.38. The highest BCUT2D eigenvalue weighted by molar-refractivity contribution is 7.91. The standard InChI is InChI=1S/C10H16ClNO2S2/c1-9-5-6-10(15-9)16(13,14)12-8-4-2-3-7-11/h5-6,12H,2-4,7-8H2,1H3. The third-order valence-corrected chi connectivity index (χ3v) is 5.30. The Hall–Kier alpha value is -0.100. The first kappa shape index (κ1) is 14.0. The molecular weight excluding hydrogens is 266 g/mol. The first-order chi connectivity index (χ1) is 7.56. The Morgan fingerprint density at radius 1 is 1.31 bits per heavy atom. The van der Waals surface area contributed by atoms with E-state index in [0.29, 0.717) is 16.6 Å². The monoisotopic (exact) mass is 281 g/mol. The maximum Gasteiger partial charge on any atom is 0.250 e. The lowest BCUT2D eigenvalue weighted by atomic mass is 10.2. The second-order valence-corrected chi connectivity index (χ2v) is 7.17. The number of rotatable bonds is 7. The van der Waals surface area contributed by atoms with E-state index >= 15 is 0 Å². The van der Waals surface area contributed by atoms with Gasteiger partial charge in [-0.25, -0.2) is 13.1 Å². The Balaban J connectivity index is 2.41. The predicted octanol–water partition coefficient (Wildman–Crippen LogP) is 2.74. The molecule has 0 atom stereocenters. The maximum absolute atomic E-state index is 11.8. The number of unbranched alkanes of at least 4 members (excludes halogenated alkanes) is 2. The van der Waals surface area contributed by atoms with Crippen LogP contribution in [0.3, 0.4) is 0 Å². The molecule has 1 rings (SSSR count). The van der Waals surface area contributed by atoms with Crippen LogP contribution < -0.4 is 4.72 Å². The number of thiophene rings is 1. The summed E-state index contributed by atoms with van der Waals surface area (Å²) in [4.78, 5) is 1.00. The van der Waals surface area contributed by atoms with Gasteiger partial charge in [0.2, 0.25) is 10.0 Å². The summed E-state index contributed by atoms with van der Waals surface area (Å²) < 4.78 is 26.5. The van der Waals surface area contributed by atoms with Gasteiger partial charge in [0.15, 0.2) is 0 Å². The van der Waals surface area contributed by atoms with Crippen LogP contribution in [0.1, 0.15) is 24.1 Å². The van der Waals surface area contributed by atoms with Gasteiger partial charge >= 0.3 is 0 Å². The fourth-order valence-electron chi connectivity index (χ4n) is 1.23. The van der Waals surface area contributed by atoms with Crippen molar-refractivity contribution in [1.29, 1.82) is 0 Å². The molecule has 1 aromatic rings. The van der Waals surface area contributed by atoms with Crippen molar-refractivity contribution in [2.24, 2.45) is 0 Å². The van der Waals surface area contributed by atoms with Gasteiger partial charge in [-0.1, -0.05) is 6.42 Å². The van der Waals surface area contributed by atoms with Crippen molar-refractivity contribution in [1.82, 2.24) is 4.72 Å². The van der Waals surface area contributed by atoms with Crippen molar-refractivity contribution < 1.29 is 8.42 Å². The third kappa shape index (κ3) is 4.41. The second-order valence-electron chi connectivity index (χ2n) is 3.51. The molecule has 0 aromatic carbocycles. The molecule has 0 aliphatic heterocycles. The van der Waals surface area contributed by atoms with Gasteiger partial charge in [-0.15, -0.1) is 22.9 Å². The third-order valence-electron chi connectivity index (χ3n) is 2.08. The number of nitrogens with one attached hydrogen (secondary N) is 1. The summed E-state index contributed by atoms with van der Waals surface area (Å²) >= 11 is 6.82.